The molecule has 0 aliphatic carbocycles. The van der Waals surface area contributed by atoms with E-state index in [4.69, 9.17) is 0 Å². The third-order valence-corrected chi connectivity index (χ3v) is 4.56. The molecule has 1 fully saturated rings. The van der Waals surface area contributed by atoms with Crippen LogP contribution in [0.5, 0.6) is 0 Å². The molecule has 2 heterocycles. The lowest BCUT2D eigenvalue weighted by Gasteiger charge is -2.36. The van der Waals surface area contributed by atoms with Crippen LogP contribution in [0, 0.1) is 12.3 Å². The van der Waals surface area contributed by atoms with E-state index in [1.807, 2.05) is 27.7 Å². The van der Waals surface area contributed by atoms with Crippen molar-refractivity contribution in [1.82, 2.24) is 14.7 Å². The highest BCUT2D eigenvalue weighted by Crippen LogP contribution is 2.30. The lowest BCUT2D eigenvalue weighted by Crippen LogP contribution is -2.50. The second kappa shape index (κ2) is 5.87. The maximum Gasteiger partial charge on any atom is 0.225 e. The molecule has 2 rings (SSSR count). The zero-order valence-corrected chi connectivity index (χ0v) is 13.9. The molecule has 1 saturated heterocycles. The predicted molar refractivity (Wildman–Crippen MR) is 82.4 cm³/mol. The van der Waals surface area contributed by atoms with Gasteiger partial charge < -0.3 is 10.2 Å². The average molecular weight is 314 g/mol. The number of piperidine rings is 1. The fourth-order valence-electron chi connectivity index (χ4n) is 2.19. The molecule has 0 spiro atoms. The van der Waals surface area contributed by atoms with Gasteiger partial charge in [-0.05, 0) is 6.92 Å². The zero-order chi connectivity index (χ0) is 15.7. The number of nitrogens with one attached hydrogen (secondary N) is 1. The van der Waals surface area contributed by atoms with Crippen molar-refractivity contribution in [2.75, 3.05) is 24.5 Å². The zero-order valence-electron chi connectivity index (χ0n) is 13.1. The van der Waals surface area contributed by atoms with E-state index in [9.17, 15) is 9.18 Å². The van der Waals surface area contributed by atoms with Crippen molar-refractivity contribution in [3.05, 3.63) is 5.82 Å². The third-order valence-electron chi connectivity index (χ3n) is 3.69. The van der Waals surface area contributed by atoms with Crippen molar-refractivity contribution in [3.8, 4) is 0 Å². The molecule has 0 saturated carbocycles. The highest BCUT2D eigenvalue weighted by molar-refractivity contribution is 7.09. The molecule has 1 aromatic rings. The van der Waals surface area contributed by atoms with Gasteiger partial charge in [0, 0.05) is 42.9 Å². The summed E-state index contributed by atoms with van der Waals surface area (Å²) in [4.78, 5) is 18.2. The molecular weight excluding hydrogens is 291 g/mol. The Morgan fingerprint density at radius 3 is 2.52 bits per heavy atom. The topological polar surface area (TPSA) is 58.1 Å². The van der Waals surface area contributed by atoms with Gasteiger partial charge in [-0.3, -0.25) is 4.79 Å². The van der Waals surface area contributed by atoms with Crippen LogP contribution in [0.3, 0.4) is 0 Å². The van der Waals surface area contributed by atoms with Gasteiger partial charge in [0.05, 0.1) is 6.54 Å². The summed E-state index contributed by atoms with van der Waals surface area (Å²) in [5.41, 5.74) is -1.81. The number of rotatable bonds is 3. The largest absolute Gasteiger partial charge is 0.352 e. The van der Waals surface area contributed by atoms with E-state index in [1.54, 1.807) is 0 Å². The number of anilines is 1. The lowest BCUT2D eigenvalue weighted by molar-refractivity contribution is -0.129. The number of carbonyl (C=O) groups excluding carboxylic acids is 1. The van der Waals surface area contributed by atoms with E-state index in [-0.39, 0.29) is 12.5 Å². The molecule has 0 unspecified atom stereocenters. The summed E-state index contributed by atoms with van der Waals surface area (Å²) in [7, 11) is 0. The van der Waals surface area contributed by atoms with Gasteiger partial charge in [-0.25, -0.2) is 9.37 Å². The highest BCUT2D eigenvalue weighted by Gasteiger charge is 2.36. The third kappa shape index (κ3) is 4.12. The van der Waals surface area contributed by atoms with E-state index in [2.05, 4.69) is 19.6 Å². The minimum absolute atomic E-state index is 0.0894. The first-order valence-corrected chi connectivity index (χ1v) is 7.99. The fourth-order valence-corrected chi connectivity index (χ4v) is 2.92. The maximum atomic E-state index is 14.7. The van der Waals surface area contributed by atoms with Gasteiger partial charge >= 0.3 is 0 Å². The Kier molecular flexibility index (Phi) is 4.51. The Bertz CT molecular complexity index is 503. The van der Waals surface area contributed by atoms with Crippen molar-refractivity contribution >= 4 is 22.6 Å². The SMILES string of the molecule is Cc1nsc(N2CCC(F)(CNC(=O)C(C)(C)C)CC2)n1. The van der Waals surface area contributed by atoms with Crippen LogP contribution in [-0.4, -0.2) is 40.6 Å². The van der Waals surface area contributed by atoms with Crippen LogP contribution in [0.2, 0.25) is 0 Å². The fraction of sp³-hybridized carbons (Fsp3) is 0.786. The summed E-state index contributed by atoms with van der Waals surface area (Å²) in [6.45, 7) is 8.64. The Balaban J connectivity index is 1.86. The van der Waals surface area contributed by atoms with Gasteiger partial charge in [0.2, 0.25) is 11.0 Å². The normalized spacial score (nSPS) is 18.6. The number of hydrogen-bond donors (Lipinski definition) is 1. The molecule has 21 heavy (non-hydrogen) atoms. The van der Waals surface area contributed by atoms with Crippen LogP contribution in [0.15, 0.2) is 0 Å². The first kappa shape index (κ1) is 16.1. The van der Waals surface area contributed by atoms with Crippen LogP contribution in [-0.2, 0) is 4.79 Å². The Labute approximate surface area is 129 Å². The molecule has 1 aliphatic heterocycles. The van der Waals surface area contributed by atoms with Gasteiger partial charge in [-0.15, -0.1) is 0 Å². The minimum atomic E-state index is -1.32. The van der Waals surface area contributed by atoms with Gasteiger partial charge in [0.25, 0.3) is 0 Å². The van der Waals surface area contributed by atoms with Crippen molar-refractivity contribution in [2.24, 2.45) is 5.41 Å². The monoisotopic (exact) mass is 314 g/mol. The quantitative estimate of drug-likeness (QED) is 0.930. The highest BCUT2D eigenvalue weighted by atomic mass is 32.1. The first-order chi connectivity index (χ1) is 9.70. The molecule has 1 aliphatic rings. The molecule has 1 N–H and O–H groups in total. The van der Waals surface area contributed by atoms with Crippen LogP contribution < -0.4 is 10.2 Å². The van der Waals surface area contributed by atoms with Crippen LogP contribution in [0.25, 0.3) is 0 Å². The summed E-state index contributed by atoms with van der Waals surface area (Å²) < 4.78 is 18.9. The number of nitrogens with zero attached hydrogens (tertiary/aromatic N) is 3. The summed E-state index contributed by atoms with van der Waals surface area (Å²) in [5, 5.41) is 3.59. The number of alkyl halides is 1. The molecule has 0 radical (unpaired) electrons. The Hall–Kier alpha value is -1.24. The maximum absolute atomic E-state index is 14.7. The smallest absolute Gasteiger partial charge is 0.225 e. The molecule has 0 atom stereocenters. The van der Waals surface area contributed by atoms with Crippen LogP contribution in [0.1, 0.15) is 39.4 Å². The van der Waals surface area contributed by atoms with Crippen molar-refractivity contribution in [1.29, 1.82) is 0 Å². The summed E-state index contributed by atoms with van der Waals surface area (Å²) in [6.07, 6.45) is 0.798. The van der Waals surface area contributed by atoms with Crippen molar-refractivity contribution in [3.63, 3.8) is 0 Å². The number of aryl methyl sites for hydroxylation is 1. The van der Waals surface area contributed by atoms with E-state index in [1.165, 1.54) is 11.5 Å². The predicted octanol–water partition coefficient (Wildman–Crippen LogP) is 2.32. The van der Waals surface area contributed by atoms with E-state index in [0.29, 0.717) is 25.9 Å². The van der Waals surface area contributed by atoms with E-state index in [0.717, 1.165) is 11.0 Å². The van der Waals surface area contributed by atoms with E-state index < -0.39 is 11.1 Å². The Morgan fingerprint density at radius 1 is 1.43 bits per heavy atom. The van der Waals surface area contributed by atoms with Crippen LogP contribution >= 0.6 is 11.5 Å². The Morgan fingerprint density at radius 2 is 2.05 bits per heavy atom. The molecule has 118 valence electrons. The second-order valence-electron chi connectivity index (χ2n) is 6.69. The minimum Gasteiger partial charge on any atom is -0.352 e. The van der Waals surface area contributed by atoms with Gasteiger partial charge in [-0.1, -0.05) is 20.8 Å². The molecule has 7 heteroatoms. The first-order valence-electron chi connectivity index (χ1n) is 7.22. The number of hydrogen-bond acceptors (Lipinski definition) is 5. The second-order valence-corrected chi connectivity index (χ2v) is 7.43. The molecule has 0 bridgehead atoms. The number of carbonyl (C=O) groups is 1. The van der Waals surface area contributed by atoms with Gasteiger partial charge in [0.1, 0.15) is 11.5 Å². The number of aromatic nitrogens is 2. The standard InChI is InChI=1S/C14H23FN4OS/c1-10-17-12(21-18-10)19-7-5-14(15,6-8-19)9-16-11(20)13(2,3)4/h5-9H2,1-4H3,(H,16,20). The van der Waals surface area contributed by atoms with E-state index >= 15 is 0 Å². The molecule has 0 aromatic carbocycles. The van der Waals surface area contributed by atoms with Crippen LogP contribution in [0.4, 0.5) is 9.52 Å². The lowest BCUT2D eigenvalue weighted by atomic mass is 9.91. The van der Waals surface area contributed by atoms with Gasteiger partial charge in [-0.2, -0.15) is 4.37 Å². The van der Waals surface area contributed by atoms with Crippen molar-refractivity contribution < 1.29 is 9.18 Å². The average Bonchev–Trinajstić information content (AvgIpc) is 2.82. The summed E-state index contributed by atoms with van der Waals surface area (Å²) in [5.74, 6) is 0.645. The summed E-state index contributed by atoms with van der Waals surface area (Å²) in [6, 6.07) is 0. The molecule has 5 nitrogen and oxygen atoms in total. The molecular formula is C14H23FN4OS. The summed E-state index contributed by atoms with van der Waals surface area (Å²) >= 11 is 1.35. The number of amides is 1. The molecule has 1 amide bonds. The van der Waals surface area contributed by atoms with Crippen molar-refractivity contribution in [2.45, 2.75) is 46.2 Å². The van der Waals surface area contributed by atoms with Gasteiger partial charge in [0.15, 0.2) is 0 Å². The number of halogens is 1. The molecule has 1 aromatic heterocycles.